The topological polar surface area (TPSA) is 42.1 Å². The minimum Gasteiger partial charge on any atom is -0.397 e. The summed E-state index contributed by atoms with van der Waals surface area (Å²) < 4.78 is 37.1. The summed E-state index contributed by atoms with van der Waals surface area (Å²) in [4.78, 5) is 5.23. The molecule has 0 aliphatic carbocycles. The van der Waals surface area contributed by atoms with Gasteiger partial charge in [0.1, 0.15) is 5.82 Å². The van der Waals surface area contributed by atoms with Crippen LogP contribution in [0.5, 0.6) is 0 Å². The SMILES string of the molecule is CN(C)c1cc(C(F)(F)F)c(N)cn1.Cl. The van der Waals surface area contributed by atoms with Crippen LogP contribution in [0.2, 0.25) is 0 Å². The summed E-state index contributed by atoms with van der Waals surface area (Å²) in [5, 5.41) is 0. The first-order valence-electron chi connectivity index (χ1n) is 3.82. The molecule has 86 valence electrons. The summed E-state index contributed by atoms with van der Waals surface area (Å²) in [6.07, 6.45) is -3.42. The standard InChI is InChI=1S/C8H10F3N3.ClH/c1-14(2)7-3-5(8(9,10)11)6(12)4-13-7;/h3-4H,12H2,1-2H3;1H. The van der Waals surface area contributed by atoms with E-state index >= 15 is 0 Å². The van der Waals surface area contributed by atoms with Crippen molar-refractivity contribution in [2.45, 2.75) is 6.18 Å². The molecule has 0 aliphatic heterocycles. The van der Waals surface area contributed by atoms with E-state index in [1.165, 1.54) is 4.90 Å². The largest absolute Gasteiger partial charge is 0.418 e. The van der Waals surface area contributed by atoms with Crippen molar-refractivity contribution >= 4 is 23.9 Å². The Balaban J connectivity index is 0.00000196. The highest BCUT2D eigenvalue weighted by molar-refractivity contribution is 5.85. The van der Waals surface area contributed by atoms with Crippen LogP contribution in [-0.4, -0.2) is 19.1 Å². The van der Waals surface area contributed by atoms with E-state index in [0.717, 1.165) is 12.3 Å². The minimum absolute atomic E-state index is 0. The third-order valence-corrected chi connectivity index (χ3v) is 1.68. The average molecular weight is 242 g/mol. The predicted molar refractivity (Wildman–Crippen MR) is 55.2 cm³/mol. The van der Waals surface area contributed by atoms with Crippen LogP contribution < -0.4 is 10.6 Å². The van der Waals surface area contributed by atoms with Crippen LogP contribution in [0.3, 0.4) is 0 Å². The number of nitrogens with two attached hydrogens (primary N) is 1. The molecule has 0 spiro atoms. The van der Waals surface area contributed by atoms with Crippen LogP contribution in [-0.2, 0) is 6.18 Å². The van der Waals surface area contributed by atoms with Gasteiger partial charge >= 0.3 is 6.18 Å². The van der Waals surface area contributed by atoms with Gasteiger partial charge in [0.2, 0.25) is 0 Å². The van der Waals surface area contributed by atoms with Crippen molar-refractivity contribution < 1.29 is 13.2 Å². The molecule has 0 unspecified atom stereocenters. The molecule has 0 saturated heterocycles. The van der Waals surface area contributed by atoms with Gasteiger partial charge in [0.25, 0.3) is 0 Å². The Morgan fingerprint density at radius 3 is 2.27 bits per heavy atom. The fourth-order valence-corrected chi connectivity index (χ4v) is 0.945. The van der Waals surface area contributed by atoms with Gasteiger partial charge in [-0.15, -0.1) is 12.4 Å². The molecule has 0 fully saturated rings. The second kappa shape index (κ2) is 4.57. The van der Waals surface area contributed by atoms with Crippen molar-refractivity contribution in [1.29, 1.82) is 0 Å². The van der Waals surface area contributed by atoms with Crippen molar-refractivity contribution in [2.75, 3.05) is 24.7 Å². The zero-order valence-corrected chi connectivity index (χ0v) is 8.99. The van der Waals surface area contributed by atoms with Crippen molar-refractivity contribution in [3.8, 4) is 0 Å². The number of pyridine rings is 1. The fraction of sp³-hybridized carbons (Fsp3) is 0.375. The van der Waals surface area contributed by atoms with E-state index in [9.17, 15) is 13.2 Å². The maximum Gasteiger partial charge on any atom is 0.418 e. The highest BCUT2D eigenvalue weighted by atomic mass is 35.5. The molecule has 0 aliphatic rings. The number of nitrogen functional groups attached to an aromatic ring is 1. The molecule has 0 radical (unpaired) electrons. The van der Waals surface area contributed by atoms with E-state index in [1.54, 1.807) is 14.1 Å². The summed E-state index contributed by atoms with van der Waals surface area (Å²) >= 11 is 0. The van der Waals surface area contributed by atoms with Gasteiger partial charge in [-0.1, -0.05) is 0 Å². The van der Waals surface area contributed by atoms with Crippen LogP contribution in [0.15, 0.2) is 12.3 Å². The maximum absolute atomic E-state index is 12.4. The molecule has 0 saturated carbocycles. The maximum atomic E-state index is 12.4. The summed E-state index contributed by atoms with van der Waals surface area (Å²) in [6, 6.07) is 0.926. The molecule has 3 nitrogen and oxygen atoms in total. The van der Waals surface area contributed by atoms with Gasteiger partial charge in [-0.3, -0.25) is 0 Å². The first-order chi connectivity index (χ1) is 6.32. The van der Waals surface area contributed by atoms with Crippen molar-refractivity contribution in [3.05, 3.63) is 17.8 Å². The van der Waals surface area contributed by atoms with Crippen LogP contribution in [0.1, 0.15) is 5.56 Å². The lowest BCUT2D eigenvalue weighted by Crippen LogP contribution is -2.15. The number of hydrogen-bond acceptors (Lipinski definition) is 3. The lowest BCUT2D eigenvalue weighted by atomic mass is 10.2. The van der Waals surface area contributed by atoms with E-state index < -0.39 is 11.7 Å². The Kier molecular flexibility index (Phi) is 4.21. The number of nitrogens with zero attached hydrogens (tertiary/aromatic N) is 2. The Morgan fingerprint density at radius 1 is 1.33 bits per heavy atom. The first-order valence-corrected chi connectivity index (χ1v) is 3.82. The highest BCUT2D eigenvalue weighted by Gasteiger charge is 2.33. The normalized spacial score (nSPS) is 10.7. The molecular weight excluding hydrogens is 231 g/mol. The predicted octanol–water partition coefficient (Wildman–Crippen LogP) is 2.17. The molecule has 2 N–H and O–H groups in total. The summed E-state index contributed by atoms with van der Waals surface area (Å²) in [5.41, 5.74) is 3.97. The Labute approximate surface area is 91.5 Å². The molecule has 15 heavy (non-hydrogen) atoms. The number of alkyl halides is 3. The molecule has 0 bridgehead atoms. The molecule has 0 amide bonds. The van der Waals surface area contributed by atoms with Gasteiger partial charge in [-0.25, -0.2) is 4.98 Å². The van der Waals surface area contributed by atoms with Crippen LogP contribution in [0.25, 0.3) is 0 Å². The first kappa shape index (κ1) is 13.8. The Morgan fingerprint density at radius 2 is 1.87 bits per heavy atom. The van der Waals surface area contributed by atoms with Crippen LogP contribution in [0, 0.1) is 0 Å². The molecular formula is C8H11ClF3N3. The van der Waals surface area contributed by atoms with Gasteiger partial charge in [0, 0.05) is 14.1 Å². The summed E-state index contributed by atoms with van der Waals surface area (Å²) in [5.74, 6) is 0.228. The van der Waals surface area contributed by atoms with Crippen molar-refractivity contribution in [2.24, 2.45) is 0 Å². The molecule has 1 aromatic rings. The molecule has 1 aromatic heterocycles. The van der Waals surface area contributed by atoms with E-state index in [2.05, 4.69) is 4.98 Å². The highest BCUT2D eigenvalue weighted by Crippen LogP contribution is 2.34. The van der Waals surface area contributed by atoms with Gasteiger partial charge in [-0.2, -0.15) is 13.2 Å². The lowest BCUT2D eigenvalue weighted by Gasteiger charge is -2.15. The third-order valence-electron chi connectivity index (χ3n) is 1.68. The summed E-state index contributed by atoms with van der Waals surface area (Å²) in [6.45, 7) is 0. The monoisotopic (exact) mass is 241 g/mol. The van der Waals surface area contributed by atoms with Crippen LogP contribution in [0.4, 0.5) is 24.7 Å². The molecule has 0 aromatic carbocycles. The number of hydrogen-bond donors (Lipinski definition) is 1. The molecule has 7 heteroatoms. The van der Waals surface area contributed by atoms with Crippen molar-refractivity contribution in [1.82, 2.24) is 4.98 Å². The van der Waals surface area contributed by atoms with Gasteiger partial charge < -0.3 is 10.6 Å². The quantitative estimate of drug-likeness (QED) is 0.819. The van der Waals surface area contributed by atoms with E-state index in [0.29, 0.717) is 0 Å². The van der Waals surface area contributed by atoms with E-state index in [-0.39, 0.29) is 23.9 Å². The second-order valence-corrected chi connectivity index (χ2v) is 3.02. The van der Waals surface area contributed by atoms with Gasteiger partial charge in [0.05, 0.1) is 17.4 Å². The molecule has 1 rings (SSSR count). The van der Waals surface area contributed by atoms with Gasteiger partial charge in [-0.05, 0) is 6.07 Å². The zero-order chi connectivity index (χ0) is 10.9. The Hall–Kier alpha value is -1.17. The number of aromatic nitrogens is 1. The van der Waals surface area contributed by atoms with E-state index in [1.807, 2.05) is 0 Å². The smallest absolute Gasteiger partial charge is 0.397 e. The van der Waals surface area contributed by atoms with Gasteiger partial charge in [0.15, 0.2) is 0 Å². The fourth-order valence-electron chi connectivity index (χ4n) is 0.945. The third kappa shape index (κ3) is 3.16. The minimum atomic E-state index is -4.43. The molecule has 1 heterocycles. The average Bonchev–Trinajstić information content (AvgIpc) is 2.02. The van der Waals surface area contributed by atoms with Crippen molar-refractivity contribution in [3.63, 3.8) is 0 Å². The second-order valence-electron chi connectivity index (χ2n) is 3.02. The lowest BCUT2D eigenvalue weighted by molar-refractivity contribution is -0.136. The zero-order valence-electron chi connectivity index (χ0n) is 8.17. The summed E-state index contributed by atoms with van der Waals surface area (Å²) in [7, 11) is 3.22. The Bertz CT molecular complexity index is 338. The number of rotatable bonds is 1. The molecule has 0 atom stereocenters. The number of halogens is 4. The van der Waals surface area contributed by atoms with Crippen LogP contribution >= 0.6 is 12.4 Å². The van der Waals surface area contributed by atoms with E-state index in [4.69, 9.17) is 5.73 Å². The number of anilines is 2.